The third-order valence-corrected chi connectivity index (χ3v) is 5.67. The first kappa shape index (κ1) is 16.4. The summed E-state index contributed by atoms with van der Waals surface area (Å²) in [5, 5.41) is 3.84. The van der Waals surface area contributed by atoms with Crippen molar-refractivity contribution in [2.45, 2.75) is 71.5 Å². The van der Waals surface area contributed by atoms with Gasteiger partial charge in [-0.05, 0) is 44.7 Å². The van der Waals surface area contributed by atoms with Gasteiger partial charge in [0.25, 0.3) is 0 Å². The molecule has 0 radical (unpaired) electrons. The lowest BCUT2D eigenvalue weighted by atomic mass is 9.83. The molecule has 0 spiro atoms. The van der Waals surface area contributed by atoms with Crippen molar-refractivity contribution >= 4 is 0 Å². The fourth-order valence-corrected chi connectivity index (χ4v) is 3.29. The van der Waals surface area contributed by atoms with Crippen LogP contribution in [0.4, 0.5) is 0 Å². The molecule has 0 amide bonds. The lowest BCUT2D eigenvalue weighted by molar-refractivity contribution is 0.00180. The van der Waals surface area contributed by atoms with Crippen LogP contribution >= 0.6 is 0 Å². The lowest BCUT2D eigenvalue weighted by Gasteiger charge is -2.53. The van der Waals surface area contributed by atoms with Crippen molar-refractivity contribution in [3.8, 4) is 0 Å². The van der Waals surface area contributed by atoms with E-state index in [4.69, 9.17) is 0 Å². The van der Waals surface area contributed by atoms with Crippen molar-refractivity contribution in [3.05, 3.63) is 29.6 Å². The molecule has 1 aromatic heterocycles. The molecule has 1 aliphatic heterocycles. The minimum Gasteiger partial charge on any atom is -0.308 e. The second-order valence-corrected chi connectivity index (χ2v) is 6.81. The van der Waals surface area contributed by atoms with Crippen molar-refractivity contribution in [1.29, 1.82) is 0 Å². The van der Waals surface area contributed by atoms with E-state index in [-0.39, 0.29) is 11.1 Å². The lowest BCUT2D eigenvalue weighted by Crippen LogP contribution is -2.68. The van der Waals surface area contributed by atoms with E-state index in [1.807, 2.05) is 12.3 Å². The first-order valence-corrected chi connectivity index (χ1v) is 8.39. The number of hydrogen-bond donors (Lipinski definition) is 1. The number of hydrogen-bond acceptors (Lipinski definition) is 3. The molecule has 0 aliphatic carbocycles. The highest BCUT2D eigenvalue weighted by Crippen LogP contribution is 2.31. The van der Waals surface area contributed by atoms with Gasteiger partial charge in [0.2, 0.25) is 0 Å². The van der Waals surface area contributed by atoms with Crippen LogP contribution < -0.4 is 5.32 Å². The number of piperazine rings is 1. The molecule has 1 aliphatic rings. The molecule has 2 heterocycles. The number of aryl methyl sites for hydroxylation is 1. The maximum Gasteiger partial charge on any atom is 0.0573 e. The van der Waals surface area contributed by atoms with Crippen LogP contribution in [-0.2, 0) is 6.54 Å². The van der Waals surface area contributed by atoms with Crippen LogP contribution in [0.25, 0.3) is 0 Å². The Morgan fingerprint density at radius 2 is 1.95 bits per heavy atom. The van der Waals surface area contributed by atoms with Gasteiger partial charge in [0.1, 0.15) is 0 Å². The van der Waals surface area contributed by atoms with Gasteiger partial charge in [0.15, 0.2) is 0 Å². The van der Waals surface area contributed by atoms with Gasteiger partial charge in [-0.25, -0.2) is 0 Å². The summed E-state index contributed by atoms with van der Waals surface area (Å²) in [6, 6.07) is 4.19. The molecule has 0 saturated carbocycles. The average molecular weight is 289 g/mol. The zero-order chi connectivity index (χ0) is 15.5. The van der Waals surface area contributed by atoms with Gasteiger partial charge >= 0.3 is 0 Å². The van der Waals surface area contributed by atoms with Crippen LogP contribution in [0.2, 0.25) is 0 Å². The van der Waals surface area contributed by atoms with Gasteiger partial charge in [-0.15, -0.1) is 0 Å². The van der Waals surface area contributed by atoms with Crippen molar-refractivity contribution in [2.75, 3.05) is 13.1 Å². The maximum absolute atomic E-state index is 4.61. The third kappa shape index (κ3) is 3.29. The quantitative estimate of drug-likeness (QED) is 0.899. The van der Waals surface area contributed by atoms with E-state index < -0.39 is 0 Å². The molecule has 2 rings (SSSR count). The van der Waals surface area contributed by atoms with Crippen molar-refractivity contribution < 1.29 is 0 Å². The fourth-order valence-electron chi connectivity index (χ4n) is 3.29. The Morgan fingerprint density at radius 3 is 2.52 bits per heavy atom. The summed E-state index contributed by atoms with van der Waals surface area (Å²) in [6.45, 7) is 14.6. The van der Waals surface area contributed by atoms with E-state index in [0.29, 0.717) is 0 Å². The van der Waals surface area contributed by atoms with E-state index in [1.165, 1.54) is 24.1 Å². The molecular formula is C18H31N3. The smallest absolute Gasteiger partial charge is 0.0573 e. The number of pyridine rings is 1. The summed E-state index contributed by atoms with van der Waals surface area (Å²) in [4.78, 5) is 7.27. The Hall–Kier alpha value is -0.930. The molecule has 3 nitrogen and oxygen atoms in total. The molecule has 0 bridgehead atoms. The topological polar surface area (TPSA) is 28.2 Å². The summed E-state index contributed by atoms with van der Waals surface area (Å²) in [6.07, 6.45) is 5.44. The van der Waals surface area contributed by atoms with E-state index in [1.54, 1.807) is 0 Å². The largest absolute Gasteiger partial charge is 0.308 e. The molecule has 3 heteroatoms. The molecule has 0 aromatic carbocycles. The standard InChI is InChI=1S/C18H31N3/c1-6-17(5)13-20-18(7-2,8-3)14-21(17)12-16-15(4)10-9-11-19-16/h9-11,20H,6-8,12-14H2,1-5H3. The minimum absolute atomic E-state index is 0.220. The van der Waals surface area contributed by atoms with Crippen LogP contribution in [0, 0.1) is 6.92 Å². The molecule has 1 N–H and O–H groups in total. The van der Waals surface area contributed by atoms with E-state index in [0.717, 1.165) is 26.1 Å². The Labute approximate surface area is 130 Å². The number of aromatic nitrogens is 1. The van der Waals surface area contributed by atoms with Crippen molar-refractivity contribution in [3.63, 3.8) is 0 Å². The summed E-state index contributed by atoms with van der Waals surface area (Å²) in [5.41, 5.74) is 3.00. The molecule has 1 unspecified atom stereocenters. The first-order valence-electron chi connectivity index (χ1n) is 8.39. The van der Waals surface area contributed by atoms with Gasteiger partial charge in [-0.1, -0.05) is 26.8 Å². The zero-order valence-corrected chi connectivity index (χ0v) is 14.4. The highest BCUT2D eigenvalue weighted by molar-refractivity contribution is 5.18. The molecule has 1 fully saturated rings. The van der Waals surface area contributed by atoms with Gasteiger partial charge < -0.3 is 5.32 Å². The van der Waals surface area contributed by atoms with Crippen LogP contribution in [-0.4, -0.2) is 34.1 Å². The molecular weight excluding hydrogens is 258 g/mol. The molecule has 1 atom stereocenters. The van der Waals surface area contributed by atoms with Gasteiger partial charge in [0, 0.05) is 36.9 Å². The molecule has 118 valence electrons. The Bertz CT molecular complexity index is 467. The number of rotatable bonds is 5. The second-order valence-electron chi connectivity index (χ2n) is 6.81. The van der Waals surface area contributed by atoms with Crippen molar-refractivity contribution in [2.24, 2.45) is 0 Å². The van der Waals surface area contributed by atoms with E-state index in [2.05, 4.69) is 55.9 Å². The monoisotopic (exact) mass is 289 g/mol. The number of nitrogens with zero attached hydrogens (tertiary/aromatic N) is 2. The highest BCUT2D eigenvalue weighted by Gasteiger charge is 2.42. The summed E-state index contributed by atoms with van der Waals surface area (Å²) in [5.74, 6) is 0. The first-order chi connectivity index (χ1) is 9.98. The summed E-state index contributed by atoms with van der Waals surface area (Å²) in [7, 11) is 0. The Kier molecular flexibility index (Phi) is 5.05. The number of nitrogens with one attached hydrogen (secondary N) is 1. The SMILES string of the molecule is CCC1(CC)CN(Cc2ncccc2C)C(C)(CC)CN1. The second kappa shape index (κ2) is 6.45. The summed E-state index contributed by atoms with van der Waals surface area (Å²) < 4.78 is 0. The van der Waals surface area contributed by atoms with Gasteiger partial charge in [0.05, 0.1) is 5.69 Å². The zero-order valence-electron chi connectivity index (χ0n) is 14.4. The molecule has 1 aromatic rings. The summed E-state index contributed by atoms with van der Waals surface area (Å²) >= 11 is 0. The highest BCUT2D eigenvalue weighted by atomic mass is 15.3. The van der Waals surface area contributed by atoms with Crippen LogP contribution in [0.1, 0.15) is 58.2 Å². The maximum atomic E-state index is 4.61. The van der Waals surface area contributed by atoms with Crippen LogP contribution in [0.3, 0.4) is 0 Å². The average Bonchev–Trinajstić information content (AvgIpc) is 2.52. The van der Waals surface area contributed by atoms with E-state index in [9.17, 15) is 0 Å². The molecule has 1 saturated heterocycles. The predicted molar refractivity (Wildman–Crippen MR) is 89.4 cm³/mol. The third-order valence-electron chi connectivity index (χ3n) is 5.67. The van der Waals surface area contributed by atoms with Gasteiger partial charge in [-0.3, -0.25) is 9.88 Å². The molecule has 21 heavy (non-hydrogen) atoms. The minimum atomic E-state index is 0.220. The van der Waals surface area contributed by atoms with Crippen molar-refractivity contribution in [1.82, 2.24) is 15.2 Å². The van der Waals surface area contributed by atoms with E-state index >= 15 is 0 Å². The Balaban J connectivity index is 2.25. The van der Waals surface area contributed by atoms with Crippen LogP contribution in [0.15, 0.2) is 18.3 Å². The normalized spacial score (nSPS) is 26.0. The fraction of sp³-hybridized carbons (Fsp3) is 0.722. The van der Waals surface area contributed by atoms with Crippen LogP contribution in [0.5, 0.6) is 0 Å². The predicted octanol–water partition coefficient (Wildman–Crippen LogP) is 3.52. The Morgan fingerprint density at radius 1 is 1.24 bits per heavy atom. The van der Waals surface area contributed by atoms with Gasteiger partial charge in [-0.2, -0.15) is 0 Å².